The van der Waals surface area contributed by atoms with Gasteiger partial charge < -0.3 is 0 Å². The standard InChI is InChI=1S/C6H12INO/c1-4-6(9)8(7)5(2)3/h5H,4H2,1-3H3. The third kappa shape index (κ3) is 3.03. The highest BCUT2D eigenvalue weighted by molar-refractivity contribution is 14.1. The molecule has 0 aromatic carbocycles. The van der Waals surface area contributed by atoms with Gasteiger partial charge in [-0.3, -0.25) is 7.91 Å². The molecule has 0 rings (SSSR count). The Morgan fingerprint density at radius 1 is 1.67 bits per heavy atom. The van der Waals surface area contributed by atoms with Gasteiger partial charge in [-0.15, -0.1) is 0 Å². The van der Waals surface area contributed by atoms with Crippen LogP contribution in [0.3, 0.4) is 0 Å². The second kappa shape index (κ2) is 4.09. The second-order valence-electron chi connectivity index (χ2n) is 2.15. The average molecular weight is 241 g/mol. The van der Waals surface area contributed by atoms with Crippen molar-refractivity contribution in [3.63, 3.8) is 0 Å². The molecule has 0 saturated heterocycles. The van der Waals surface area contributed by atoms with Gasteiger partial charge in [0.15, 0.2) is 0 Å². The maximum absolute atomic E-state index is 10.9. The lowest BCUT2D eigenvalue weighted by Crippen LogP contribution is -2.26. The van der Waals surface area contributed by atoms with Crippen LogP contribution in [-0.4, -0.2) is 15.1 Å². The van der Waals surface area contributed by atoms with Gasteiger partial charge in [-0.2, -0.15) is 0 Å². The predicted molar refractivity (Wildman–Crippen MR) is 46.3 cm³/mol. The van der Waals surface area contributed by atoms with Gasteiger partial charge in [0, 0.05) is 12.5 Å². The van der Waals surface area contributed by atoms with Crippen LogP contribution in [0.4, 0.5) is 0 Å². The second-order valence-corrected chi connectivity index (χ2v) is 3.19. The fourth-order valence-corrected chi connectivity index (χ4v) is 0.780. The molecule has 0 N–H and O–H groups in total. The van der Waals surface area contributed by atoms with Crippen molar-refractivity contribution in [3.05, 3.63) is 0 Å². The highest BCUT2D eigenvalue weighted by Gasteiger charge is 2.09. The molecule has 2 nitrogen and oxygen atoms in total. The molecule has 0 atom stereocenters. The smallest absolute Gasteiger partial charge is 0.231 e. The van der Waals surface area contributed by atoms with Crippen LogP contribution in [-0.2, 0) is 4.79 Å². The molecule has 1 amide bonds. The zero-order valence-corrected chi connectivity index (χ0v) is 8.18. The minimum atomic E-state index is 0.200. The summed E-state index contributed by atoms with van der Waals surface area (Å²) in [6.07, 6.45) is 0.598. The highest BCUT2D eigenvalue weighted by atomic mass is 127. The van der Waals surface area contributed by atoms with Crippen molar-refractivity contribution in [2.45, 2.75) is 33.2 Å². The monoisotopic (exact) mass is 241 g/mol. The molecule has 0 aliphatic heterocycles. The van der Waals surface area contributed by atoms with Crippen molar-refractivity contribution in [1.29, 1.82) is 0 Å². The van der Waals surface area contributed by atoms with Gasteiger partial charge in [-0.1, -0.05) is 6.92 Å². The van der Waals surface area contributed by atoms with Gasteiger partial charge in [0.05, 0.1) is 22.9 Å². The van der Waals surface area contributed by atoms with Crippen LogP contribution in [0.1, 0.15) is 27.2 Å². The lowest BCUT2D eigenvalue weighted by molar-refractivity contribution is -0.125. The molecule has 0 aliphatic rings. The Morgan fingerprint density at radius 2 is 2.11 bits per heavy atom. The quantitative estimate of drug-likeness (QED) is 0.534. The molecule has 0 heterocycles. The van der Waals surface area contributed by atoms with E-state index in [1.807, 2.05) is 43.6 Å². The SMILES string of the molecule is CCC(=O)N(I)C(C)C. The molecule has 3 heteroatoms. The van der Waals surface area contributed by atoms with Crippen molar-refractivity contribution in [3.8, 4) is 0 Å². The van der Waals surface area contributed by atoms with Crippen LogP contribution in [0, 0.1) is 0 Å². The Morgan fingerprint density at radius 3 is 2.22 bits per heavy atom. The maximum Gasteiger partial charge on any atom is 0.231 e. The van der Waals surface area contributed by atoms with Gasteiger partial charge in [-0.25, -0.2) is 0 Å². The van der Waals surface area contributed by atoms with Gasteiger partial charge >= 0.3 is 0 Å². The first kappa shape index (κ1) is 9.20. The van der Waals surface area contributed by atoms with Crippen LogP contribution >= 0.6 is 22.9 Å². The van der Waals surface area contributed by atoms with Gasteiger partial charge in [0.25, 0.3) is 0 Å². The van der Waals surface area contributed by atoms with Crippen molar-refractivity contribution in [2.75, 3.05) is 0 Å². The summed E-state index contributed by atoms with van der Waals surface area (Å²) in [6.45, 7) is 5.87. The van der Waals surface area contributed by atoms with E-state index in [1.54, 1.807) is 3.11 Å². The first-order chi connectivity index (χ1) is 4.09. The lowest BCUT2D eigenvalue weighted by Gasteiger charge is -2.17. The molecular formula is C6H12INO. The summed E-state index contributed by atoms with van der Waals surface area (Å²) in [6, 6.07) is 0.318. The van der Waals surface area contributed by atoms with E-state index >= 15 is 0 Å². The largest absolute Gasteiger partial charge is 0.282 e. The van der Waals surface area contributed by atoms with E-state index < -0.39 is 0 Å². The minimum absolute atomic E-state index is 0.200. The summed E-state index contributed by atoms with van der Waals surface area (Å²) in [4.78, 5) is 10.9. The number of amides is 1. The van der Waals surface area contributed by atoms with Gasteiger partial charge in [0.2, 0.25) is 5.91 Å². The summed E-state index contributed by atoms with van der Waals surface area (Å²) in [5.41, 5.74) is 0. The van der Waals surface area contributed by atoms with Crippen molar-refractivity contribution >= 4 is 28.8 Å². The normalized spacial score (nSPS) is 9.89. The summed E-state index contributed by atoms with van der Waals surface area (Å²) in [5.74, 6) is 0.200. The van der Waals surface area contributed by atoms with Crippen LogP contribution < -0.4 is 0 Å². The van der Waals surface area contributed by atoms with Gasteiger partial charge in [-0.05, 0) is 13.8 Å². The number of rotatable bonds is 2. The van der Waals surface area contributed by atoms with Crippen LogP contribution in [0.5, 0.6) is 0 Å². The molecule has 9 heavy (non-hydrogen) atoms. The average Bonchev–Trinajstić information content (AvgIpc) is 1.84. The zero-order chi connectivity index (χ0) is 7.44. The molecule has 0 fully saturated rings. The maximum atomic E-state index is 10.9. The van der Waals surface area contributed by atoms with Crippen LogP contribution in [0.25, 0.3) is 0 Å². The number of carbonyl (C=O) groups is 1. The number of halogens is 1. The first-order valence-corrected chi connectivity index (χ1v) is 4.04. The van der Waals surface area contributed by atoms with Gasteiger partial charge in [0.1, 0.15) is 0 Å². The summed E-state index contributed by atoms with van der Waals surface area (Å²) < 4.78 is 1.72. The van der Waals surface area contributed by atoms with E-state index in [0.29, 0.717) is 12.5 Å². The third-order valence-corrected chi connectivity index (χ3v) is 2.65. The summed E-state index contributed by atoms with van der Waals surface area (Å²) in [7, 11) is 0. The number of nitrogens with zero attached hydrogens (tertiary/aromatic N) is 1. The van der Waals surface area contributed by atoms with Crippen molar-refractivity contribution in [2.24, 2.45) is 0 Å². The summed E-state index contributed by atoms with van der Waals surface area (Å²) in [5, 5.41) is 0. The van der Waals surface area contributed by atoms with E-state index in [0.717, 1.165) is 0 Å². The molecule has 0 radical (unpaired) electrons. The van der Waals surface area contributed by atoms with E-state index in [2.05, 4.69) is 0 Å². The summed E-state index contributed by atoms with van der Waals surface area (Å²) >= 11 is 2.04. The molecule has 54 valence electrons. The molecule has 0 aromatic rings. The van der Waals surface area contributed by atoms with E-state index in [1.165, 1.54) is 0 Å². The Labute approximate surface area is 70.1 Å². The number of carbonyl (C=O) groups excluding carboxylic acids is 1. The molecule has 0 unspecified atom stereocenters. The van der Waals surface area contributed by atoms with Crippen LogP contribution in [0.15, 0.2) is 0 Å². The third-order valence-electron chi connectivity index (χ3n) is 0.994. The Bertz CT molecular complexity index is 103. The highest BCUT2D eigenvalue weighted by Crippen LogP contribution is 2.07. The van der Waals surface area contributed by atoms with Crippen molar-refractivity contribution in [1.82, 2.24) is 3.11 Å². The van der Waals surface area contributed by atoms with E-state index in [-0.39, 0.29) is 5.91 Å². The van der Waals surface area contributed by atoms with Crippen molar-refractivity contribution < 1.29 is 4.79 Å². The minimum Gasteiger partial charge on any atom is -0.282 e. The molecule has 0 saturated carbocycles. The molecular weight excluding hydrogens is 229 g/mol. The fourth-order valence-electron chi connectivity index (χ4n) is 0.439. The Hall–Kier alpha value is 0.200. The van der Waals surface area contributed by atoms with E-state index in [4.69, 9.17) is 0 Å². The van der Waals surface area contributed by atoms with Crippen LogP contribution in [0.2, 0.25) is 0 Å². The molecule has 0 spiro atoms. The predicted octanol–water partition coefficient (Wildman–Crippen LogP) is 1.98. The molecule has 0 aromatic heterocycles. The van der Waals surface area contributed by atoms with E-state index in [9.17, 15) is 4.79 Å². The topological polar surface area (TPSA) is 20.3 Å². The molecule has 0 bridgehead atoms. The number of hydrogen-bond donors (Lipinski definition) is 0. The first-order valence-electron chi connectivity index (χ1n) is 3.07. The molecule has 0 aliphatic carbocycles. The fraction of sp³-hybridized carbons (Fsp3) is 0.833. The number of hydrogen-bond acceptors (Lipinski definition) is 1. The lowest BCUT2D eigenvalue weighted by atomic mass is 10.3. The Kier molecular flexibility index (Phi) is 4.18. The Balaban J connectivity index is 3.72. The zero-order valence-electron chi connectivity index (χ0n) is 6.02.